The lowest BCUT2D eigenvalue weighted by Crippen LogP contribution is -2.49. The summed E-state index contributed by atoms with van der Waals surface area (Å²) in [5.41, 5.74) is 10.8. The summed E-state index contributed by atoms with van der Waals surface area (Å²) in [6.07, 6.45) is -2.01. The van der Waals surface area contributed by atoms with Crippen molar-refractivity contribution in [1.82, 2.24) is 9.55 Å². The fraction of sp³-hybridized carbons (Fsp3) is 0.667. The zero-order valence-corrected chi connectivity index (χ0v) is 12.3. The number of hydrogen-bond acceptors (Lipinski definition) is 9. The van der Waals surface area contributed by atoms with Gasteiger partial charge in [0.1, 0.15) is 35.7 Å². The van der Waals surface area contributed by atoms with E-state index in [1.807, 2.05) is 0 Å². The lowest BCUT2D eigenvalue weighted by atomic mass is 10.0. The molecule has 2 aliphatic rings. The molecule has 0 aliphatic carbocycles. The second-order valence-electron chi connectivity index (χ2n) is 5.79. The van der Waals surface area contributed by atoms with Gasteiger partial charge in [0.2, 0.25) is 5.79 Å². The van der Waals surface area contributed by atoms with E-state index >= 15 is 0 Å². The zero-order valence-electron chi connectivity index (χ0n) is 12.3. The fourth-order valence-corrected chi connectivity index (χ4v) is 2.94. The van der Waals surface area contributed by atoms with Gasteiger partial charge in [0.25, 0.3) is 0 Å². The topological polar surface area (TPSA) is 164 Å². The molecule has 1 aromatic heterocycles. The largest absolute Gasteiger partial charge is 0.394 e. The molecule has 2 aliphatic heterocycles. The lowest BCUT2D eigenvalue weighted by Gasteiger charge is -2.33. The Labute approximate surface area is 126 Å². The van der Waals surface area contributed by atoms with Crippen LogP contribution in [0.25, 0.3) is 0 Å². The number of aromatic nitrogens is 2. The molecule has 0 spiro atoms. The Balaban J connectivity index is 2.07. The molecule has 22 heavy (non-hydrogen) atoms. The average molecular weight is 312 g/mol. The van der Waals surface area contributed by atoms with Gasteiger partial charge in [0.05, 0.1) is 12.9 Å². The lowest BCUT2D eigenvalue weighted by molar-refractivity contribution is -0.133. The molecule has 0 amide bonds. The maximum Gasteiger partial charge on any atom is 0.209 e. The molecular formula is C12H20N6O4. The van der Waals surface area contributed by atoms with E-state index in [0.29, 0.717) is 11.7 Å². The molecule has 3 heterocycles. The second-order valence-corrected chi connectivity index (χ2v) is 5.79. The number of aliphatic hydroxyl groups is 3. The van der Waals surface area contributed by atoms with Crippen LogP contribution in [-0.2, 0) is 16.2 Å². The van der Waals surface area contributed by atoms with Gasteiger partial charge in [-0.3, -0.25) is 16.0 Å². The molecule has 0 radical (unpaired) electrons. The van der Waals surface area contributed by atoms with Crippen molar-refractivity contribution in [2.75, 3.05) is 11.9 Å². The highest BCUT2D eigenvalue weighted by molar-refractivity contribution is 5.95. The number of aliphatic hydroxyl groups excluding tert-OH is 3. The van der Waals surface area contributed by atoms with Crippen LogP contribution in [-0.4, -0.2) is 55.6 Å². The number of rotatable bonds is 2. The van der Waals surface area contributed by atoms with Crippen LogP contribution in [0.5, 0.6) is 0 Å². The van der Waals surface area contributed by atoms with E-state index < -0.39 is 36.4 Å². The third-order valence-electron chi connectivity index (χ3n) is 4.10. The first-order valence-electron chi connectivity index (χ1n) is 6.85. The third-order valence-corrected chi connectivity index (χ3v) is 4.10. The molecular weight excluding hydrogens is 292 g/mol. The van der Waals surface area contributed by atoms with Gasteiger partial charge < -0.3 is 25.4 Å². The molecule has 0 saturated carbocycles. The van der Waals surface area contributed by atoms with Crippen molar-refractivity contribution in [3.05, 3.63) is 12.0 Å². The number of nitrogens with two attached hydrogens (primary N) is 2. The van der Waals surface area contributed by atoms with Crippen molar-refractivity contribution < 1.29 is 20.1 Å². The monoisotopic (exact) mass is 312 g/mol. The first-order valence-corrected chi connectivity index (χ1v) is 6.85. The molecule has 3 rings (SSSR count). The average Bonchev–Trinajstić information content (AvgIpc) is 2.94. The normalized spacial score (nSPS) is 36.7. The van der Waals surface area contributed by atoms with E-state index in [2.05, 4.69) is 15.3 Å². The number of nitrogens with zero attached hydrogens (tertiary/aromatic N) is 3. The van der Waals surface area contributed by atoms with Crippen molar-refractivity contribution in [3.8, 4) is 0 Å². The van der Waals surface area contributed by atoms with Gasteiger partial charge in [0.15, 0.2) is 5.72 Å². The van der Waals surface area contributed by atoms with Crippen molar-refractivity contribution in [2.45, 2.75) is 43.7 Å². The highest BCUT2D eigenvalue weighted by Gasteiger charge is 2.53. The quantitative estimate of drug-likeness (QED) is 0.327. The Hall–Kier alpha value is -1.56. The van der Waals surface area contributed by atoms with Crippen LogP contribution >= 0.6 is 0 Å². The standard InChI is InChI=1S/C12H20N6O4/c1-5-16-10-8(12(13,14)17-5)15-4-18(10)11(2)9(21)7(20)6(3-19)22-11/h4,6-7,9,19-21H,3,13-14H2,1-2H3,(H,16,17)/t6-,7-,9-,11-/m1/s1. The number of amidine groups is 1. The van der Waals surface area contributed by atoms with Crippen molar-refractivity contribution in [3.63, 3.8) is 0 Å². The van der Waals surface area contributed by atoms with E-state index in [-0.39, 0.29) is 5.69 Å². The Kier molecular flexibility index (Phi) is 3.29. The van der Waals surface area contributed by atoms with Crippen molar-refractivity contribution in [1.29, 1.82) is 0 Å². The van der Waals surface area contributed by atoms with Gasteiger partial charge in [-0.2, -0.15) is 0 Å². The zero-order chi connectivity index (χ0) is 16.3. The van der Waals surface area contributed by atoms with Crippen LogP contribution in [0, 0.1) is 0 Å². The SMILES string of the molecule is CC1=NC(N)(N)c2ncn([C@]3(C)O[C@H](CO)[C@@H](O)[C@H]3O)c2N1. The van der Waals surface area contributed by atoms with E-state index in [0.717, 1.165) is 0 Å². The van der Waals surface area contributed by atoms with Gasteiger partial charge in [-0.1, -0.05) is 0 Å². The number of hydrogen-bond donors (Lipinski definition) is 6. The molecule has 0 bridgehead atoms. The number of imidazole rings is 1. The summed E-state index contributed by atoms with van der Waals surface area (Å²) in [4.78, 5) is 8.23. The van der Waals surface area contributed by atoms with Gasteiger partial charge in [0, 0.05) is 0 Å². The van der Waals surface area contributed by atoms with E-state index in [4.69, 9.17) is 16.2 Å². The van der Waals surface area contributed by atoms with Crippen LogP contribution in [0.2, 0.25) is 0 Å². The summed E-state index contributed by atoms with van der Waals surface area (Å²) in [7, 11) is 0. The molecule has 4 atom stereocenters. The van der Waals surface area contributed by atoms with E-state index in [1.54, 1.807) is 13.8 Å². The minimum atomic E-state index is -1.50. The smallest absolute Gasteiger partial charge is 0.209 e. The molecule has 122 valence electrons. The molecule has 8 N–H and O–H groups in total. The molecule has 1 aromatic rings. The highest BCUT2D eigenvalue weighted by atomic mass is 16.6. The predicted molar refractivity (Wildman–Crippen MR) is 76.6 cm³/mol. The van der Waals surface area contributed by atoms with Gasteiger partial charge in [-0.25, -0.2) is 9.98 Å². The number of aliphatic imine (C=N–C) groups is 1. The van der Waals surface area contributed by atoms with Gasteiger partial charge >= 0.3 is 0 Å². The summed E-state index contributed by atoms with van der Waals surface area (Å²) in [6.45, 7) is 2.85. The number of anilines is 1. The van der Waals surface area contributed by atoms with Crippen LogP contribution in [0.15, 0.2) is 11.3 Å². The highest BCUT2D eigenvalue weighted by Crippen LogP contribution is 2.39. The van der Waals surface area contributed by atoms with Crippen molar-refractivity contribution in [2.24, 2.45) is 16.5 Å². The van der Waals surface area contributed by atoms with Crippen LogP contribution in [0.1, 0.15) is 19.5 Å². The second kappa shape index (κ2) is 4.72. The summed E-state index contributed by atoms with van der Waals surface area (Å²) in [5, 5.41) is 32.6. The maximum atomic E-state index is 10.3. The van der Waals surface area contributed by atoms with Gasteiger partial charge in [-0.05, 0) is 13.8 Å². The number of ether oxygens (including phenoxy) is 1. The Bertz CT molecular complexity index is 629. The molecule has 10 heteroatoms. The Morgan fingerprint density at radius 3 is 2.73 bits per heavy atom. The summed E-state index contributed by atoms with van der Waals surface area (Å²) in [5.74, 6) is -0.593. The van der Waals surface area contributed by atoms with E-state index in [9.17, 15) is 15.3 Å². The van der Waals surface area contributed by atoms with Crippen LogP contribution < -0.4 is 16.8 Å². The first kappa shape index (κ1) is 15.3. The summed E-state index contributed by atoms with van der Waals surface area (Å²) in [6, 6.07) is 0. The Morgan fingerprint density at radius 2 is 2.14 bits per heavy atom. The molecule has 0 unspecified atom stereocenters. The molecule has 10 nitrogen and oxygen atoms in total. The van der Waals surface area contributed by atoms with E-state index in [1.165, 1.54) is 10.9 Å². The first-order chi connectivity index (χ1) is 10.2. The predicted octanol–water partition coefficient (Wildman–Crippen LogP) is -2.46. The minimum Gasteiger partial charge on any atom is -0.394 e. The summed E-state index contributed by atoms with van der Waals surface area (Å²) < 4.78 is 7.15. The van der Waals surface area contributed by atoms with Crippen molar-refractivity contribution >= 4 is 11.7 Å². The molecule has 1 saturated heterocycles. The molecule has 1 fully saturated rings. The summed E-state index contributed by atoms with van der Waals surface area (Å²) >= 11 is 0. The van der Waals surface area contributed by atoms with Crippen LogP contribution in [0.4, 0.5) is 5.82 Å². The van der Waals surface area contributed by atoms with Crippen LogP contribution in [0.3, 0.4) is 0 Å². The third kappa shape index (κ3) is 1.96. The Morgan fingerprint density at radius 1 is 1.45 bits per heavy atom. The number of fused-ring (bicyclic) bond motifs is 1. The maximum absolute atomic E-state index is 10.3. The minimum absolute atomic E-state index is 0.289. The van der Waals surface area contributed by atoms with Gasteiger partial charge in [-0.15, -0.1) is 0 Å². The molecule has 0 aromatic carbocycles. The number of nitrogens with one attached hydrogen (secondary N) is 1. The fourth-order valence-electron chi connectivity index (χ4n) is 2.94.